The summed E-state index contributed by atoms with van der Waals surface area (Å²) in [5, 5.41) is 2.19. The molecule has 0 aliphatic carbocycles. The molecule has 3 rings (SSSR count). The van der Waals surface area contributed by atoms with E-state index in [0.29, 0.717) is 0 Å². The average Bonchev–Trinajstić information content (AvgIpc) is 2.43. The minimum absolute atomic E-state index is 0.778. The van der Waals surface area contributed by atoms with Crippen molar-refractivity contribution in [1.29, 1.82) is 0 Å². The summed E-state index contributed by atoms with van der Waals surface area (Å²) in [6.45, 7) is 2.00. The summed E-state index contributed by atoms with van der Waals surface area (Å²) < 4.78 is 0. The molecular weight excluding hydrogens is 252 g/mol. The van der Waals surface area contributed by atoms with E-state index in [-0.39, 0.29) is 0 Å². The normalized spacial score (nSPS) is 10.8. The third kappa shape index (κ3) is 2.42. The first-order valence-electron chi connectivity index (χ1n) is 6.12. The molecule has 2 N–H and O–H groups in total. The predicted molar refractivity (Wildman–Crippen MR) is 81.5 cm³/mol. The van der Waals surface area contributed by atoms with Crippen LogP contribution in [-0.2, 0) is 0 Å². The monoisotopic (exact) mass is 266 g/mol. The van der Waals surface area contributed by atoms with Gasteiger partial charge in [-0.1, -0.05) is 30.0 Å². The van der Waals surface area contributed by atoms with Crippen LogP contribution in [0, 0.1) is 6.92 Å². The van der Waals surface area contributed by atoms with Crippen molar-refractivity contribution in [3.8, 4) is 0 Å². The fourth-order valence-electron chi connectivity index (χ4n) is 2.04. The molecule has 0 aliphatic heterocycles. The maximum Gasteiger partial charge on any atom is 0.0410 e. The molecule has 0 fully saturated rings. The first-order chi connectivity index (χ1) is 9.24. The molecule has 3 heteroatoms. The maximum absolute atomic E-state index is 6.02. The summed E-state index contributed by atoms with van der Waals surface area (Å²) >= 11 is 1.75. The van der Waals surface area contributed by atoms with E-state index in [1.807, 2.05) is 25.3 Å². The van der Waals surface area contributed by atoms with Gasteiger partial charge in [0.1, 0.15) is 0 Å². The Morgan fingerprint density at radius 3 is 2.58 bits per heavy atom. The number of hydrogen-bond acceptors (Lipinski definition) is 3. The van der Waals surface area contributed by atoms with E-state index < -0.39 is 0 Å². The molecule has 2 nitrogen and oxygen atoms in total. The molecular formula is C16H14N2S. The van der Waals surface area contributed by atoms with Crippen molar-refractivity contribution in [3.05, 3.63) is 60.4 Å². The van der Waals surface area contributed by atoms with E-state index in [1.54, 1.807) is 11.8 Å². The fraction of sp³-hybridized carbons (Fsp3) is 0.0625. The number of fused-ring (bicyclic) bond motifs is 1. The molecule has 19 heavy (non-hydrogen) atoms. The van der Waals surface area contributed by atoms with Crippen LogP contribution < -0.4 is 5.73 Å². The zero-order valence-corrected chi connectivity index (χ0v) is 11.4. The van der Waals surface area contributed by atoms with Crippen LogP contribution in [0.25, 0.3) is 10.8 Å². The zero-order chi connectivity index (χ0) is 13.2. The van der Waals surface area contributed by atoms with Gasteiger partial charge < -0.3 is 5.73 Å². The molecule has 0 amide bonds. The smallest absolute Gasteiger partial charge is 0.0410 e. The topological polar surface area (TPSA) is 38.9 Å². The summed E-state index contributed by atoms with van der Waals surface area (Å²) in [5.74, 6) is 0. The Morgan fingerprint density at radius 2 is 1.79 bits per heavy atom. The van der Waals surface area contributed by atoms with E-state index in [1.165, 1.54) is 15.2 Å². The van der Waals surface area contributed by atoms with Crippen LogP contribution in [0.4, 0.5) is 5.69 Å². The molecule has 3 aromatic rings. The lowest BCUT2D eigenvalue weighted by Gasteiger charge is -2.09. The van der Waals surface area contributed by atoms with Crippen LogP contribution >= 0.6 is 11.8 Å². The number of hydrogen-bond donors (Lipinski definition) is 1. The number of anilines is 1. The van der Waals surface area contributed by atoms with Gasteiger partial charge >= 0.3 is 0 Å². The van der Waals surface area contributed by atoms with E-state index in [0.717, 1.165) is 16.8 Å². The molecule has 1 heterocycles. The second kappa shape index (κ2) is 4.94. The van der Waals surface area contributed by atoms with Gasteiger partial charge in [0.15, 0.2) is 0 Å². The van der Waals surface area contributed by atoms with Gasteiger partial charge in [0.2, 0.25) is 0 Å². The van der Waals surface area contributed by atoms with Gasteiger partial charge in [-0.05, 0) is 37.3 Å². The van der Waals surface area contributed by atoms with E-state index in [9.17, 15) is 0 Å². The van der Waals surface area contributed by atoms with Gasteiger partial charge in [0.05, 0.1) is 0 Å². The first-order valence-corrected chi connectivity index (χ1v) is 6.93. The molecule has 0 atom stereocenters. The van der Waals surface area contributed by atoms with Crippen molar-refractivity contribution in [1.82, 2.24) is 4.98 Å². The second-order valence-corrected chi connectivity index (χ2v) is 5.55. The van der Waals surface area contributed by atoms with Gasteiger partial charge in [-0.2, -0.15) is 0 Å². The molecule has 2 aromatic carbocycles. The molecule has 0 aliphatic rings. The van der Waals surface area contributed by atoms with Crippen molar-refractivity contribution in [2.45, 2.75) is 16.7 Å². The minimum Gasteiger partial charge on any atom is -0.398 e. The molecule has 0 saturated carbocycles. The maximum atomic E-state index is 6.02. The standard InChI is InChI=1S/C16H14N2S/c1-11-9-13-14(10-18-11)15(17)7-8-16(13)19-12-5-3-2-4-6-12/h2-10H,17H2,1H3. The lowest BCUT2D eigenvalue weighted by atomic mass is 10.1. The Bertz CT molecular complexity index is 723. The Labute approximate surface area is 116 Å². The van der Waals surface area contributed by atoms with Crippen LogP contribution in [0.2, 0.25) is 0 Å². The summed E-state index contributed by atoms with van der Waals surface area (Å²) in [4.78, 5) is 6.76. The molecule has 0 saturated heterocycles. The number of rotatable bonds is 2. The highest BCUT2D eigenvalue weighted by Gasteiger charge is 2.06. The minimum atomic E-state index is 0.778. The zero-order valence-electron chi connectivity index (χ0n) is 10.6. The highest BCUT2D eigenvalue weighted by Crippen LogP contribution is 2.35. The number of benzene rings is 2. The number of nitrogen functional groups attached to an aromatic ring is 1. The molecule has 0 bridgehead atoms. The first kappa shape index (κ1) is 12.1. The van der Waals surface area contributed by atoms with Crippen LogP contribution in [0.5, 0.6) is 0 Å². The lowest BCUT2D eigenvalue weighted by Crippen LogP contribution is -1.90. The van der Waals surface area contributed by atoms with Crippen molar-refractivity contribution in [2.75, 3.05) is 5.73 Å². The van der Waals surface area contributed by atoms with Gasteiger partial charge in [-0.3, -0.25) is 4.98 Å². The number of aryl methyl sites for hydroxylation is 1. The fourth-order valence-corrected chi connectivity index (χ4v) is 3.01. The van der Waals surface area contributed by atoms with Gasteiger partial charge in [0.25, 0.3) is 0 Å². The van der Waals surface area contributed by atoms with E-state index in [2.05, 4.69) is 41.4 Å². The van der Waals surface area contributed by atoms with Gasteiger partial charge in [0, 0.05) is 38.1 Å². The Hall–Kier alpha value is -2.00. The van der Waals surface area contributed by atoms with Gasteiger partial charge in [-0.25, -0.2) is 0 Å². The molecule has 0 unspecified atom stereocenters. The second-order valence-electron chi connectivity index (χ2n) is 4.44. The van der Waals surface area contributed by atoms with Gasteiger partial charge in [-0.15, -0.1) is 0 Å². The molecule has 0 radical (unpaired) electrons. The summed E-state index contributed by atoms with van der Waals surface area (Å²) in [7, 11) is 0. The lowest BCUT2D eigenvalue weighted by molar-refractivity contribution is 1.22. The largest absolute Gasteiger partial charge is 0.398 e. The van der Waals surface area contributed by atoms with Crippen LogP contribution in [0.3, 0.4) is 0 Å². The molecule has 1 aromatic heterocycles. The predicted octanol–water partition coefficient (Wildman–Crippen LogP) is 4.28. The number of pyridine rings is 1. The number of nitrogens with zero attached hydrogens (tertiary/aromatic N) is 1. The van der Waals surface area contributed by atoms with E-state index in [4.69, 9.17) is 5.73 Å². The highest BCUT2D eigenvalue weighted by molar-refractivity contribution is 7.99. The highest BCUT2D eigenvalue weighted by atomic mass is 32.2. The van der Waals surface area contributed by atoms with E-state index >= 15 is 0 Å². The number of aromatic nitrogens is 1. The Morgan fingerprint density at radius 1 is 1.00 bits per heavy atom. The van der Waals surface area contributed by atoms with Crippen molar-refractivity contribution >= 4 is 28.2 Å². The Kier molecular flexibility index (Phi) is 3.13. The average molecular weight is 266 g/mol. The van der Waals surface area contributed by atoms with Crippen LogP contribution in [-0.4, -0.2) is 4.98 Å². The van der Waals surface area contributed by atoms with Crippen LogP contribution in [0.15, 0.2) is 64.5 Å². The molecule has 0 spiro atoms. The third-order valence-electron chi connectivity index (χ3n) is 3.00. The van der Waals surface area contributed by atoms with Crippen molar-refractivity contribution in [3.63, 3.8) is 0 Å². The SMILES string of the molecule is Cc1cc2c(Sc3ccccc3)ccc(N)c2cn1. The Balaban J connectivity index is 2.13. The van der Waals surface area contributed by atoms with Crippen molar-refractivity contribution < 1.29 is 0 Å². The van der Waals surface area contributed by atoms with Crippen molar-refractivity contribution in [2.24, 2.45) is 0 Å². The van der Waals surface area contributed by atoms with Crippen LogP contribution in [0.1, 0.15) is 5.69 Å². The quantitative estimate of drug-likeness (QED) is 0.704. The summed E-state index contributed by atoms with van der Waals surface area (Å²) in [6, 6.07) is 16.5. The molecule has 94 valence electrons. The summed E-state index contributed by atoms with van der Waals surface area (Å²) in [6.07, 6.45) is 1.86. The number of nitrogens with two attached hydrogens (primary N) is 1. The third-order valence-corrected chi connectivity index (χ3v) is 4.09. The summed E-state index contributed by atoms with van der Waals surface area (Å²) in [5.41, 5.74) is 7.80.